The first-order chi connectivity index (χ1) is 4.38. The zero-order valence-electron chi connectivity index (χ0n) is 4.54. The number of hydrogen-bond acceptors (Lipinski definition) is 1. The van der Waals surface area contributed by atoms with Gasteiger partial charge in [-0.1, -0.05) is 12.1 Å². The predicted octanol–water partition coefficient (Wildman–Crippen LogP) is 2.24. The minimum absolute atomic E-state index is 0.840. The summed E-state index contributed by atoms with van der Waals surface area (Å²) in [6, 6.07) is 7.58. The molecule has 1 heterocycles. The van der Waals surface area contributed by atoms with Gasteiger partial charge in [-0.15, -0.1) is 4.26 Å². The standard InChI is InChI=1S/C6H4ClNO/c7-8-5-3-1-2-4-6(5)9-8/h1-4H. The fourth-order valence-corrected chi connectivity index (χ4v) is 0.990. The molecule has 2 rings (SSSR count). The van der Waals surface area contributed by atoms with Crippen molar-refractivity contribution in [1.29, 1.82) is 0 Å². The van der Waals surface area contributed by atoms with Crippen molar-refractivity contribution < 1.29 is 4.52 Å². The largest absolute Gasteiger partial charge is 0.361 e. The number of benzene rings is 1. The normalized spacial score (nSPS) is 10.8. The van der Waals surface area contributed by atoms with Crippen LogP contribution < -0.4 is 0 Å². The van der Waals surface area contributed by atoms with E-state index in [4.69, 9.17) is 16.3 Å². The van der Waals surface area contributed by atoms with Gasteiger partial charge in [0.1, 0.15) is 5.52 Å². The highest BCUT2D eigenvalue weighted by atomic mass is 35.5. The van der Waals surface area contributed by atoms with E-state index in [0.717, 1.165) is 11.1 Å². The van der Waals surface area contributed by atoms with E-state index in [1.165, 1.54) is 4.26 Å². The molecule has 0 aliphatic rings. The van der Waals surface area contributed by atoms with Crippen molar-refractivity contribution in [2.45, 2.75) is 0 Å². The van der Waals surface area contributed by atoms with Crippen LogP contribution in [0.15, 0.2) is 28.8 Å². The Hall–Kier alpha value is -0.890. The lowest BCUT2D eigenvalue weighted by molar-refractivity contribution is 0.383. The second-order valence-corrected chi connectivity index (χ2v) is 2.11. The summed E-state index contributed by atoms with van der Waals surface area (Å²) in [6.07, 6.45) is 0. The number of para-hydroxylation sites is 2. The third-order valence-electron chi connectivity index (χ3n) is 1.23. The lowest BCUT2D eigenvalue weighted by atomic mass is 10.3. The van der Waals surface area contributed by atoms with Crippen LogP contribution in [0.4, 0.5) is 0 Å². The summed E-state index contributed by atoms with van der Waals surface area (Å²) < 4.78 is 6.10. The van der Waals surface area contributed by atoms with E-state index in [9.17, 15) is 0 Å². The van der Waals surface area contributed by atoms with Gasteiger partial charge in [-0.25, -0.2) is 0 Å². The molecule has 0 aliphatic heterocycles. The molecule has 0 saturated heterocycles. The summed E-state index contributed by atoms with van der Waals surface area (Å²) >= 11 is 5.49. The van der Waals surface area contributed by atoms with Crippen molar-refractivity contribution >= 4 is 22.9 Å². The monoisotopic (exact) mass is 141 g/mol. The fourth-order valence-electron chi connectivity index (χ4n) is 0.776. The second-order valence-electron chi connectivity index (χ2n) is 1.80. The molecule has 1 aromatic heterocycles. The molecule has 0 spiro atoms. The minimum Gasteiger partial charge on any atom is -0.361 e. The number of fused-ring (bicyclic) bond motifs is 1. The number of nitrogens with zero attached hydrogens (tertiary/aromatic N) is 1. The molecule has 1 aromatic carbocycles. The van der Waals surface area contributed by atoms with E-state index in [2.05, 4.69) is 0 Å². The van der Waals surface area contributed by atoms with E-state index in [1.807, 2.05) is 24.3 Å². The Kier molecular flexibility index (Phi) is 0.848. The molecule has 0 saturated carbocycles. The lowest BCUT2D eigenvalue weighted by Gasteiger charge is -2.03. The van der Waals surface area contributed by atoms with E-state index in [1.54, 1.807) is 0 Å². The van der Waals surface area contributed by atoms with Gasteiger partial charge in [-0.2, -0.15) is 0 Å². The number of aromatic nitrogens is 1. The molecule has 0 unspecified atom stereocenters. The molecule has 0 bridgehead atoms. The maximum Gasteiger partial charge on any atom is 0.185 e. The van der Waals surface area contributed by atoms with Crippen molar-refractivity contribution in [1.82, 2.24) is 4.26 Å². The van der Waals surface area contributed by atoms with Crippen molar-refractivity contribution in [3.05, 3.63) is 24.3 Å². The Morgan fingerprint density at radius 2 is 2.11 bits per heavy atom. The molecule has 0 radical (unpaired) electrons. The van der Waals surface area contributed by atoms with Crippen LogP contribution in [0.3, 0.4) is 0 Å². The average Bonchev–Trinajstić information content (AvgIpc) is 1.86. The van der Waals surface area contributed by atoms with E-state index < -0.39 is 0 Å². The van der Waals surface area contributed by atoms with Crippen molar-refractivity contribution in [3.8, 4) is 0 Å². The maximum absolute atomic E-state index is 5.49. The third-order valence-corrected chi connectivity index (χ3v) is 1.48. The van der Waals surface area contributed by atoms with Gasteiger partial charge in [-0.3, -0.25) is 0 Å². The Morgan fingerprint density at radius 1 is 1.33 bits per heavy atom. The Bertz CT molecular complexity index is 322. The van der Waals surface area contributed by atoms with E-state index >= 15 is 0 Å². The minimum atomic E-state index is 0.840. The zero-order valence-corrected chi connectivity index (χ0v) is 5.30. The fraction of sp³-hybridized carbons (Fsp3) is 0. The molecule has 0 amide bonds. The molecule has 2 nitrogen and oxygen atoms in total. The number of hydrogen-bond donors (Lipinski definition) is 0. The highest BCUT2D eigenvalue weighted by Gasteiger charge is 2.02. The van der Waals surface area contributed by atoms with Gasteiger partial charge in [0, 0.05) is 0 Å². The van der Waals surface area contributed by atoms with Crippen LogP contribution in [-0.4, -0.2) is 4.26 Å². The topological polar surface area (TPSA) is 18.1 Å². The predicted molar refractivity (Wildman–Crippen MR) is 35.5 cm³/mol. The van der Waals surface area contributed by atoms with E-state index in [-0.39, 0.29) is 0 Å². The van der Waals surface area contributed by atoms with Gasteiger partial charge in [-0.05, 0) is 12.1 Å². The van der Waals surface area contributed by atoms with Crippen LogP contribution in [0.1, 0.15) is 0 Å². The van der Waals surface area contributed by atoms with Gasteiger partial charge in [0.05, 0.1) is 11.8 Å². The van der Waals surface area contributed by atoms with Crippen LogP contribution >= 0.6 is 11.8 Å². The average molecular weight is 142 g/mol. The molecule has 0 N–H and O–H groups in total. The highest BCUT2D eigenvalue weighted by molar-refractivity contribution is 6.18. The molecule has 0 aliphatic carbocycles. The molecule has 9 heavy (non-hydrogen) atoms. The molecule has 46 valence electrons. The van der Waals surface area contributed by atoms with E-state index in [0.29, 0.717) is 0 Å². The highest BCUT2D eigenvalue weighted by Crippen LogP contribution is 2.18. The molecule has 0 atom stereocenters. The Morgan fingerprint density at radius 3 is 2.67 bits per heavy atom. The zero-order chi connectivity index (χ0) is 6.27. The number of halogens is 1. The molecule has 0 fully saturated rings. The Balaban J connectivity index is 2.81. The van der Waals surface area contributed by atoms with Crippen LogP contribution in [0.2, 0.25) is 0 Å². The van der Waals surface area contributed by atoms with Gasteiger partial charge < -0.3 is 4.52 Å². The SMILES string of the molecule is Cln1oc2ccccc21. The molecular formula is C6H4ClNO. The summed E-state index contributed by atoms with van der Waals surface area (Å²) in [6.45, 7) is 0. The van der Waals surface area contributed by atoms with Crippen LogP contribution in [-0.2, 0) is 0 Å². The van der Waals surface area contributed by atoms with Crippen LogP contribution in [0, 0.1) is 0 Å². The summed E-state index contributed by atoms with van der Waals surface area (Å²) in [5.74, 6) is 0. The van der Waals surface area contributed by atoms with Crippen LogP contribution in [0.5, 0.6) is 0 Å². The van der Waals surface area contributed by atoms with Gasteiger partial charge in [0.15, 0.2) is 5.58 Å². The summed E-state index contributed by atoms with van der Waals surface area (Å²) in [5.41, 5.74) is 1.77. The van der Waals surface area contributed by atoms with Crippen molar-refractivity contribution in [2.75, 3.05) is 0 Å². The maximum atomic E-state index is 5.49. The van der Waals surface area contributed by atoms with Crippen molar-refractivity contribution in [3.63, 3.8) is 0 Å². The lowest BCUT2D eigenvalue weighted by Crippen LogP contribution is -1.89. The molecule has 2 aromatic rings. The first kappa shape index (κ1) is 4.94. The number of rotatable bonds is 0. The Labute approximate surface area is 56.7 Å². The third kappa shape index (κ3) is 0.566. The quantitative estimate of drug-likeness (QED) is 0.550. The molecular weight excluding hydrogens is 138 g/mol. The van der Waals surface area contributed by atoms with Gasteiger partial charge >= 0.3 is 0 Å². The summed E-state index contributed by atoms with van der Waals surface area (Å²) in [7, 11) is 0. The van der Waals surface area contributed by atoms with Crippen LogP contribution in [0.25, 0.3) is 11.1 Å². The van der Waals surface area contributed by atoms with Gasteiger partial charge in [0.25, 0.3) is 0 Å². The summed E-state index contributed by atoms with van der Waals surface area (Å²) in [4.78, 5) is 0. The second kappa shape index (κ2) is 1.54. The van der Waals surface area contributed by atoms with Crippen molar-refractivity contribution in [2.24, 2.45) is 0 Å². The first-order valence-corrected chi connectivity index (χ1v) is 2.94. The van der Waals surface area contributed by atoms with Gasteiger partial charge in [0.2, 0.25) is 0 Å². The summed E-state index contributed by atoms with van der Waals surface area (Å²) in [5, 5.41) is 0. The molecule has 3 heteroatoms. The first-order valence-electron chi connectivity index (χ1n) is 2.61. The smallest absolute Gasteiger partial charge is 0.185 e.